The van der Waals surface area contributed by atoms with Crippen molar-refractivity contribution in [1.82, 2.24) is 10.6 Å². The second kappa shape index (κ2) is 8.49. The van der Waals surface area contributed by atoms with E-state index in [4.69, 9.17) is 0 Å². The Bertz CT molecular complexity index is 448. The van der Waals surface area contributed by atoms with E-state index < -0.39 is 0 Å². The van der Waals surface area contributed by atoms with Gasteiger partial charge in [0, 0.05) is 12.1 Å². The van der Waals surface area contributed by atoms with Gasteiger partial charge < -0.3 is 10.6 Å². The molecule has 0 aromatic heterocycles. The molecule has 0 aliphatic heterocycles. The lowest BCUT2D eigenvalue weighted by atomic mass is 10.1. The van der Waals surface area contributed by atoms with E-state index >= 15 is 0 Å². The molecular formula is C16H28IN3. The third-order valence-corrected chi connectivity index (χ3v) is 2.74. The van der Waals surface area contributed by atoms with Crippen LogP contribution in [0.2, 0.25) is 0 Å². The minimum Gasteiger partial charge on any atom is -0.357 e. The van der Waals surface area contributed by atoms with Gasteiger partial charge in [-0.25, -0.2) is 4.99 Å². The van der Waals surface area contributed by atoms with Gasteiger partial charge in [0.2, 0.25) is 0 Å². The Morgan fingerprint density at radius 2 is 1.85 bits per heavy atom. The summed E-state index contributed by atoms with van der Waals surface area (Å²) in [6, 6.07) is 6.51. The predicted octanol–water partition coefficient (Wildman–Crippen LogP) is 3.78. The molecule has 0 aliphatic carbocycles. The zero-order chi connectivity index (χ0) is 14.5. The van der Waals surface area contributed by atoms with Crippen LogP contribution in [-0.4, -0.2) is 18.0 Å². The third kappa shape index (κ3) is 7.12. The van der Waals surface area contributed by atoms with E-state index in [-0.39, 0.29) is 29.5 Å². The summed E-state index contributed by atoms with van der Waals surface area (Å²) in [5, 5.41) is 6.68. The maximum Gasteiger partial charge on any atom is 0.191 e. The Hall–Kier alpha value is -0.780. The molecule has 0 atom stereocenters. The lowest BCUT2D eigenvalue weighted by molar-refractivity contribution is 0.501. The highest BCUT2D eigenvalue weighted by atomic mass is 127. The first-order chi connectivity index (χ1) is 8.81. The van der Waals surface area contributed by atoms with Crippen LogP contribution in [0.3, 0.4) is 0 Å². The van der Waals surface area contributed by atoms with Gasteiger partial charge in [-0.15, -0.1) is 24.0 Å². The molecule has 0 bridgehead atoms. The number of nitrogens with zero attached hydrogens (tertiary/aromatic N) is 1. The van der Waals surface area contributed by atoms with Crippen molar-refractivity contribution in [2.75, 3.05) is 6.54 Å². The van der Waals surface area contributed by atoms with Crippen molar-refractivity contribution in [3.05, 3.63) is 34.9 Å². The number of hydrogen-bond donors (Lipinski definition) is 2. The number of nitrogens with one attached hydrogen (secondary N) is 2. The second-order valence-electron chi connectivity index (χ2n) is 6.00. The largest absolute Gasteiger partial charge is 0.357 e. The summed E-state index contributed by atoms with van der Waals surface area (Å²) in [6.45, 7) is 14.3. The molecule has 0 unspecified atom stereocenters. The summed E-state index contributed by atoms with van der Waals surface area (Å²) in [6.07, 6.45) is 0. The van der Waals surface area contributed by atoms with Gasteiger partial charge >= 0.3 is 0 Å². The minimum atomic E-state index is 0. The van der Waals surface area contributed by atoms with Crippen LogP contribution in [0.4, 0.5) is 0 Å². The van der Waals surface area contributed by atoms with E-state index in [9.17, 15) is 0 Å². The smallest absolute Gasteiger partial charge is 0.191 e. The van der Waals surface area contributed by atoms with Crippen LogP contribution in [0.1, 0.15) is 44.4 Å². The van der Waals surface area contributed by atoms with E-state index in [2.05, 4.69) is 75.4 Å². The molecule has 114 valence electrons. The molecule has 1 aromatic carbocycles. The van der Waals surface area contributed by atoms with E-state index in [1.165, 1.54) is 16.7 Å². The number of rotatable bonds is 3. The molecule has 20 heavy (non-hydrogen) atoms. The Balaban J connectivity index is 0.00000361. The maximum atomic E-state index is 4.65. The molecule has 0 spiro atoms. The molecule has 0 fully saturated rings. The summed E-state index contributed by atoms with van der Waals surface area (Å²) < 4.78 is 0. The van der Waals surface area contributed by atoms with Gasteiger partial charge in [0.1, 0.15) is 0 Å². The summed E-state index contributed by atoms with van der Waals surface area (Å²) in [5.74, 6) is 0.870. The standard InChI is InChI=1S/C16H27N3.HI/c1-7-17-15(19-16(4,5)6)18-11-14-9-8-12(2)10-13(14)3;/h8-10H,7,11H2,1-6H3,(H2,17,18,19);1H. The monoisotopic (exact) mass is 389 g/mol. The molecule has 0 aliphatic rings. The van der Waals surface area contributed by atoms with E-state index in [1.807, 2.05) is 0 Å². The first-order valence-corrected chi connectivity index (χ1v) is 6.94. The van der Waals surface area contributed by atoms with Crippen LogP contribution in [0, 0.1) is 13.8 Å². The quantitative estimate of drug-likeness (QED) is 0.469. The van der Waals surface area contributed by atoms with Crippen molar-refractivity contribution >= 4 is 29.9 Å². The molecule has 0 heterocycles. The fourth-order valence-corrected chi connectivity index (χ4v) is 1.85. The SMILES string of the molecule is CCNC(=NCc1ccc(C)cc1C)NC(C)(C)C.I. The third-order valence-electron chi connectivity index (χ3n) is 2.74. The van der Waals surface area contributed by atoms with Crippen molar-refractivity contribution in [2.24, 2.45) is 4.99 Å². The summed E-state index contributed by atoms with van der Waals surface area (Å²) in [4.78, 5) is 4.65. The topological polar surface area (TPSA) is 36.4 Å². The van der Waals surface area contributed by atoms with Gasteiger partial charge in [-0.3, -0.25) is 0 Å². The average molecular weight is 389 g/mol. The number of hydrogen-bond acceptors (Lipinski definition) is 1. The maximum absolute atomic E-state index is 4.65. The Morgan fingerprint density at radius 3 is 2.35 bits per heavy atom. The zero-order valence-electron chi connectivity index (χ0n) is 13.5. The van der Waals surface area contributed by atoms with Gasteiger partial charge in [-0.2, -0.15) is 0 Å². The Kier molecular flexibility index (Phi) is 8.16. The van der Waals surface area contributed by atoms with Gasteiger partial charge in [-0.05, 0) is 52.7 Å². The van der Waals surface area contributed by atoms with Crippen molar-refractivity contribution in [1.29, 1.82) is 0 Å². The van der Waals surface area contributed by atoms with E-state index in [0.717, 1.165) is 12.5 Å². The number of halogens is 1. The molecule has 3 nitrogen and oxygen atoms in total. The number of aryl methyl sites for hydroxylation is 2. The van der Waals surface area contributed by atoms with Crippen LogP contribution < -0.4 is 10.6 Å². The highest BCUT2D eigenvalue weighted by Crippen LogP contribution is 2.11. The summed E-state index contributed by atoms with van der Waals surface area (Å²) in [7, 11) is 0. The number of benzene rings is 1. The van der Waals surface area contributed by atoms with Gasteiger partial charge in [-0.1, -0.05) is 23.8 Å². The fourth-order valence-electron chi connectivity index (χ4n) is 1.85. The summed E-state index contributed by atoms with van der Waals surface area (Å²) >= 11 is 0. The molecule has 0 radical (unpaired) electrons. The highest BCUT2D eigenvalue weighted by molar-refractivity contribution is 14.0. The van der Waals surface area contributed by atoms with Crippen LogP contribution in [0.15, 0.2) is 23.2 Å². The van der Waals surface area contributed by atoms with E-state index in [1.54, 1.807) is 0 Å². The van der Waals surface area contributed by atoms with E-state index in [0.29, 0.717) is 6.54 Å². The van der Waals surface area contributed by atoms with Crippen LogP contribution in [0.5, 0.6) is 0 Å². The Labute approximate surface area is 140 Å². The van der Waals surface area contributed by atoms with Crippen LogP contribution in [-0.2, 0) is 6.54 Å². The first-order valence-electron chi connectivity index (χ1n) is 6.94. The highest BCUT2D eigenvalue weighted by Gasteiger charge is 2.11. The molecule has 4 heteroatoms. The zero-order valence-corrected chi connectivity index (χ0v) is 15.8. The molecular weight excluding hydrogens is 361 g/mol. The minimum absolute atomic E-state index is 0. The lowest BCUT2D eigenvalue weighted by Crippen LogP contribution is -2.47. The van der Waals surface area contributed by atoms with Gasteiger partial charge in [0.15, 0.2) is 5.96 Å². The molecule has 0 amide bonds. The Morgan fingerprint density at radius 1 is 1.20 bits per heavy atom. The van der Waals surface area contributed by atoms with Gasteiger partial charge in [0.05, 0.1) is 6.54 Å². The van der Waals surface area contributed by atoms with Crippen molar-refractivity contribution < 1.29 is 0 Å². The normalized spacial score (nSPS) is 11.8. The van der Waals surface area contributed by atoms with Crippen molar-refractivity contribution in [3.63, 3.8) is 0 Å². The molecule has 0 saturated carbocycles. The fraction of sp³-hybridized carbons (Fsp3) is 0.562. The van der Waals surface area contributed by atoms with Crippen LogP contribution >= 0.6 is 24.0 Å². The lowest BCUT2D eigenvalue weighted by Gasteiger charge is -2.23. The van der Waals surface area contributed by atoms with Gasteiger partial charge in [0.25, 0.3) is 0 Å². The van der Waals surface area contributed by atoms with Crippen LogP contribution in [0.25, 0.3) is 0 Å². The number of guanidine groups is 1. The van der Waals surface area contributed by atoms with Crippen molar-refractivity contribution in [3.8, 4) is 0 Å². The predicted molar refractivity (Wildman–Crippen MR) is 99.0 cm³/mol. The first kappa shape index (κ1) is 19.2. The van der Waals surface area contributed by atoms with Crippen molar-refractivity contribution in [2.45, 2.75) is 53.6 Å². The number of aliphatic imine (C=N–C) groups is 1. The summed E-state index contributed by atoms with van der Waals surface area (Å²) in [5.41, 5.74) is 3.89. The molecule has 1 rings (SSSR count). The molecule has 2 N–H and O–H groups in total. The second-order valence-corrected chi connectivity index (χ2v) is 6.00. The molecule has 1 aromatic rings. The average Bonchev–Trinajstić information content (AvgIpc) is 2.26. The molecule has 0 saturated heterocycles.